The zero-order valence-electron chi connectivity index (χ0n) is 12.7. The molecule has 0 bridgehead atoms. The van der Waals surface area contributed by atoms with Crippen LogP contribution in [0.5, 0.6) is 0 Å². The molecule has 2 N–H and O–H groups in total. The Balaban J connectivity index is 0.00000220. The largest absolute Gasteiger partial charge is 0.328 e. The fourth-order valence-corrected chi connectivity index (χ4v) is 4.16. The van der Waals surface area contributed by atoms with Gasteiger partial charge in [-0.1, -0.05) is 19.1 Å². The molecule has 0 radical (unpaired) electrons. The van der Waals surface area contributed by atoms with Crippen LogP contribution in [0.15, 0.2) is 29.2 Å². The third-order valence-electron chi connectivity index (χ3n) is 4.21. The number of nitrogens with two attached hydrogens (primary N) is 1. The number of aryl methyl sites for hydroxylation is 1. The second-order valence-corrected chi connectivity index (χ2v) is 7.54. The van der Waals surface area contributed by atoms with Crippen molar-refractivity contribution in [3.63, 3.8) is 0 Å². The lowest BCUT2D eigenvalue weighted by Gasteiger charge is -2.32. The molecule has 2 rings (SSSR count). The highest BCUT2D eigenvalue weighted by Crippen LogP contribution is 2.25. The molecule has 0 spiro atoms. The summed E-state index contributed by atoms with van der Waals surface area (Å²) in [4.78, 5) is 0.397. The number of rotatable bonds is 4. The van der Waals surface area contributed by atoms with Crippen LogP contribution in [0.1, 0.15) is 32.3 Å². The maximum absolute atomic E-state index is 12.6. The summed E-state index contributed by atoms with van der Waals surface area (Å²) in [5.41, 5.74) is 7.05. The summed E-state index contributed by atoms with van der Waals surface area (Å²) < 4.78 is 26.7. The molecule has 4 nitrogen and oxygen atoms in total. The molecule has 0 aromatic heterocycles. The van der Waals surface area contributed by atoms with Crippen LogP contribution in [0.3, 0.4) is 0 Å². The van der Waals surface area contributed by atoms with E-state index in [9.17, 15) is 8.42 Å². The van der Waals surface area contributed by atoms with Crippen LogP contribution in [0.25, 0.3) is 0 Å². The summed E-state index contributed by atoms with van der Waals surface area (Å²) in [5.74, 6) is 0.434. The zero-order valence-corrected chi connectivity index (χ0v) is 14.3. The van der Waals surface area contributed by atoms with Gasteiger partial charge in [-0.25, -0.2) is 8.42 Å². The molecule has 1 heterocycles. The van der Waals surface area contributed by atoms with Crippen molar-refractivity contribution >= 4 is 22.4 Å². The molecule has 0 amide bonds. The Morgan fingerprint density at radius 1 is 1.24 bits per heavy atom. The standard InChI is InChI=1S/C15H24N2O2S.ClH/c1-3-13-4-6-15(7-5-13)20(18,19)17-10-8-14(9-11-17)12(2)16;/h4-7,12,14H,3,8-11,16H2,1-2H3;1H. The van der Waals surface area contributed by atoms with Crippen LogP contribution < -0.4 is 5.73 Å². The molecule has 1 aliphatic rings. The topological polar surface area (TPSA) is 63.4 Å². The smallest absolute Gasteiger partial charge is 0.243 e. The van der Waals surface area contributed by atoms with Crippen LogP contribution in [0, 0.1) is 5.92 Å². The molecule has 1 atom stereocenters. The summed E-state index contributed by atoms with van der Waals surface area (Å²) in [6.45, 7) is 5.20. The number of piperidine rings is 1. The second-order valence-electron chi connectivity index (χ2n) is 5.60. The third-order valence-corrected chi connectivity index (χ3v) is 6.12. The van der Waals surface area contributed by atoms with E-state index in [0.717, 1.165) is 24.8 Å². The summed E-state index contributed by atoms with van der Waals surface area (Å²) in [6.07, 6.45) is 2.62. The van der Waals surface area contributed by atoms with Gasteiger partial charge in [0.05, 0.1) is 4.90 Å². The number of hydrogen-bond acceptors (Lipinski definition) is 3. The van der Waals surface area contributed by atoms with Gasteiger partial charge in [0.25, 0.3) is 0 Å². The maximum Gasteiger partial charge on any atom is 0.243 e. The lowest BCUT2D eigenvalue weighted by Crippen LogP contribution is -2.42. The van der Waals surface area contributed by atoms with E-state index in [2.05, 4.69) is 6.92 Å². The number of halogens is 1. The highest BCUT2D eigenvalue weighted by Gasteiger charge is 2.30. The molecule has 1 saturated heterocycles. The Morgan fingerprint density at radius 2 is 1.76 bits per heavy atom. The number of nitrogens with zero attached hydrogens (tertiary/aromatic N) is 1. The van der Waals surface area contributed by atoms with E-state index in [1.165, 1.54) is 0 Å². The SMILES string of the molecule is CCc1ccc(S(=O)(=O)N2CCC(C(C)N)CC2)cc1.Cl. The normalized spacial score (nSPS) is 19.0. The van der Waals surface area contributed by atoms with Crippen molar-refractivity contribution in [2.24, 2.45) is 11.7 Å². The Hall–Kier alpha value is -0.620. The first-order chi connectivity index (χ1) is 9.45. The first-order valence-electron chi connectivity index (χ1n) is 7.30. The molecular weight excluding hydrogens is 308 g/mol. The summed E-state index contributed by atoms with van der Waals surface area (Å²) in [7, 11) is -3.34. The number of hydrogen-bond donors (Lipinski definition) is 1. The highest BCUT2D eigenvalue weighted by molar-refractivity contribution is 7.89. The van der Waals surface area contributed by atoms with Crippen molar-refractivity contribution in [3.8, 4) is 0 Å². The molecule has 1 aromatic carbocycles. The lowest BCUT2D eigenvalue weighted by molar-refractivity contribution is 0.250. The monoisotopic (exact) mass is 332 g/mol. The molecule has 1 fully saturated rings. The molecule has 0 aliphatic carbocycles. The Bertz CT molecular complexity index is 535. The fraction of sp³-hybridized carbons (Fsp3) is 0.600. The Labute approximate surface area is 134 Å². The van der Waals surface area contributed by atoms with Crippen molar-refractivity contribution in [3.05, 3.63) is 29.8 Å². The van der Waals surface area contributed by atoms with Gasteiger partial charge in [0.2, 0.25) is 10.0 Å². The van der Waals surface area contributed by atoms with Crippen LogP contribution in [-0.4, -0.2) is 31.9 Å². The van der Waals surface area contributed by atoms with Gasteiger partial charge in [-0.3, -0.25) is 0 Å². The first-order valence-corrected chi connectivity index (χ1v) is 8.74. The van der Waals surface area contributed by atoms with E-state index in [-0.39, 0.29) is 18.4 Å². The minimum Gasteiger partial charge on any atom is -0.328 e. The van der Waals surface area contributed by atoms with E-state index in [4.69, 9.17) is 5.73 Å². The first kappa shape index (κ1) is 18.4. The van der Waals surface area contributed by atoms with Crippen LogP contribution in [-0.2, 0) is 16.4 Å². The molecule has 1 unspecified atom stereocenters. The average molecular weight is 333 g/mol. The van der Waals surface area contributed by atoms with Crippen LogP contribution in [0.2, 0.25) is 0 Å². The van der Waals surface area contributed by atoms with Crippen molar-refractivity contribution in [1.29, 1.82) is 0 Å². The van der Waals surface area contributed by atoms with Gasteiger partial charge in [0.15, 0.2) is 0 Å². The molecule has 21 heavy (non-hydrogen) atoms. The second kappa shape index (κ2) is 7.58. The van der Waals surface area contributed by atoms with E-state index in [0.29, 0.717) is 23.9 Å². The highest BCUT2D eigenvalue weighted by atomic mass is 35.5. The zero-order chi connectivity index (χ0) is 14.8. The van der Waals surface area contributed by atoms with E-state index >= 15 is 0 Å². The number of sulfonamides is 1. The quantitative estimate of drug-likeness (QED) is 0.921. The maximum atomic E-state index is 12.6. The van der Waals surface area contributed by atoms with Gasteiger partial charge in [-0.2, -0.15) is 4.31 Å². The fourth-order valence-electron chi connectivity index (χ4n) is 2.69. The van der Waals surface area contributed by atoms with Gasteiger partial charge in [0, 0.05) is 19.1 Å². The summed E-state index contributed by atoms with van der Waals surface area (Å²) >= 11 is 0. The average Bonchev–Trinajstić information content (AvgIpc) is 2.47. The molecule has 1 aromatic rings. The van der Waals surface area contributed by atoms with Crippen LogP contribution in [0.4, 0.5) is 0 Å². The van der Waals surface area contributed by atoms with Gasteiger partial charge in [0.1, 0.15) is 0 Å². The summed E-state index contributed by atoms with van der Waals surface area (Å²) in [6, 6.07) is 7.35. The van der Waals surface area contributed by atoms with Crippen molar-refractivity contribution in [2.45, 2.75) is 44.0 Å². The van der Waals surface area contributed by atoms with Crippen molar-refractivity contribution in [2.75, 3.05) is 13.1 Å². The molecule has 120 valence electrons. The van der Waals surface area contributed by atoms with Crippen LogP contribution >= 0.6 is 12.4 Å². The van der Waals surface area contributed by atoms with Crippen molar-refractivity contribution in [1.82, 2.24) is 4.31 Å². The van der Waals surface area contributed by atoms with E-state index in [1.807, 2.05) is 19.1 Å². The third kappa shape index (κ3) is 4.19. The molecule has 6 heteroatoms. The van der Waals surface area contributed by atoms with Gasteiger partial charge >= 0.3 is 0 Å². The van der Waals surface area contributed by atoms with Gasteiger partial charge < -0.3 is 5.73 Å². The molecule has 1 aliphatic heterocycles. The predicted molar refractivity (Wildman–Crippen MR) is 88.2 cm³/mol. The van der Waals surface area contributed by atoms with Gasteiger partial charge in [-0.15, -0.1) is 12.4 Å². The van der Waals surface area contributed by atoms with E-state index in [1.54, 1.807) is 16.4 Å². The lowest BCUT2D eigenvalue weighted by atomic mass is 9.92. The van der Waals surface area contributed by atoms with E-state index < -0.39 is 10.0 Å². The number of benzene rings is 1. The summed E-state index contributed by atoms with van der Waals surface area (Å²) in [5, 5.41) is 0. The molecule has 0 saturated carbocycles. The Morgan fingerprint density at radius 3 is 2.19 bits per heavy atom. The predicted octanol–water partition coefficient (Wildman–Crippen LogP) is 2.42. The van der Waals surface area contributed by atoms with Gasteiger partial charge in [-0.05, 0) is 49.8 Å². The minimum absolute atomic E-state index is 0. The molecular formula is C15H25ClN2O2S. The van der Waals surface area contributed by atoms with Crippen molar-refractivity contribution < 1.29 is 8.42 Å². The Kier molecular flexibility index (Phi) is 6.66. The minimum atomic E-state index is -3.34.